The summed E-state index contributed by atoms with van der Waals surface area (Å²) >= 11 is 0. The van der Waals surface area contributed by atoms with Gasteiger partial charge in [0.1, 0.15) is 5.75 Å². The van der Waals surface area contributed by atoms with E-state index in [0.717, 1.165) is 16.9 Å². The topological polar surface area (TPSA) is 58.6 Å². The molecule has 98 valence electrons. The Balaban J connectivity index is 2.66. The van der Waals surface area contributed by atoms with Crippen LogP contribution in [0.5, 0.6) is 5.75 Å². The quantitative estimate of drug-likeness (QED) is 0.779. The lowest BCUT2D eigenvalue weighted by Gasteiger charge is -2.06. The minimum Gasteiger partial charge on any atom is -0.497 e. The van der Waals surface area contributed by atoms with E-state index in [1.807, 2.05) is 31.2 Å². The lowest BCUT2D eigenvalue weighted by atomic mass is 10.1. The van der Waals surface area contributed by atoms with Gasteiger partial charge in [-0.1, -0.05) is 12.1 Å². The summed E-state index contributed by atoms with van der Waals surface area (Å²) in [7, 11) is 1.61. The first kappa shape index (κ1) is 14.3. The number of hydrogen-bond donors (Lipinski definition) is 2. The maximum Gasteiger partial charge on any atom is 0.244 e. The lowest BCUT2D eigenvalue weighted by Crippen LogP contribution is -2.29. The Morgan fingerprint density at radius 1 is 1.44 bits per heavy atom. The van der Waals surface area contributed by atoms with Crippen molar-refractivity contribution in [1.82, 2.24) is 5.32 Å². The van der Waals surface area contributed by atoms with Crippen LogP contribution in [0, 0.1) is 0 Å². The van der Waals surface area contributed by atoms with Crippen LogP contribution in [0.15, 0.2) is 30.3 Å². The van der Waals surface area contributed by atoms with E-state index >= 15 is 0 Å². The highest BCUT2D eigenvalue weighted by Crippen LogP contribution is 2.17. The maximum absolute atomic E-state index is 11.5. The molecule has 1 rings (SSSR count). The second-order valence-corrected chi connectivity index (χ2v) is 4.15. The molecule has 4 nitrogen and oxygen atoms in total. The Kier molecular flexibility index (Phi) is 5.39. The number of nitrogens with one attached hydrogen (secondary N) is 1. The van der Waals surface area contributed by atoms with E-state index in [9.17, 15) is 4.79 Å². The van der Waals surface area contributed by atoms with Crippen LogP contribution in [0.25, 0.3) is 5.57 Å². The van der Waals surface area contributed by atoms with Gasteiger partial charge in [0.25, 0.3) is 0 Å². The molecule has 0 fully saturated rings. The van der Waals surface area contributed by atoms with Crippen molar-refractivity contribution in [3.63, 3.8) is 0 Å². The van der Waals surface area contributed by atoms with E-state index in [1.165, 1.54) is 6.08 Å². The average Bonchev–Trinajstić information content (AvgIpc) is 2.36. The van der Waals surface area contributed by atoms with Gasteiger partial charge in [0.15, 0.2) is 0 Å². The molecule has 4 heteroatoms. The molecule has 1 amide bonds. The van der Waals surface area contributed by atoms with E-state index in [1.54, 1.807) is 14.0 Å². The number of allylic oxidation sites excluding steroid dienone is 1. The fraction of sp³-hybridized carbons (Fsp3) is 0.357. The molecule has 1 atom stereocenters. The van der Waals surface area contributed by atoms with Gasteiger partial charge in [0, 0.05) is 12.6 Å². The molecule has 0 spiro atoms. The molecule has 0 aliphatic heterocycles. The molecule has 0 bridgehead atoms. The normalized spacial score (nSPS) is 13.0. The summed E-state index contributed by atoms with van der Waals surface area (Å²) in [5.74, 6) is 0.578. The Labute approximate surface area is 107 Å². The van der Waals surface area contributed by atoms with E-state index in [-0.39, 0.29) is 12.5 Å². The number of aliphatic hydroxyl groups excluding tert-OH is 1. The monoisotopic (exact) mass is 249 g/mol. The number of benzene rings is 1. The largest absolute Gasteiger partial charge is 0.497 e. The van der Waals surface area contributed by atoms with Crippen LogP contribution < -0.4 is 10.1 Å². The third-order valence-electron chi connectivity index (χ3n) is 2.46. The van der Waals surface area contributed by atoms with Gasteiger partial charge in [-0.15, -0.1) is 0 Å². The first-order valence-electron chi connectivity index (χ1n) is 5.81. The van der Waals surface area contributed by atoms with Crippen molar-refractivity contribution in [2.24, 2.45) is 0 Å². The second kappa shape index (κ2) is 6.81. The minimum atomic E-state index is -0.538. The summed E-state index contributed by atoms with van der Waals surface area (Å²) in [5, 5.41) is 11.7. The number of hydrogen-bond acceptors (Lipinski definition) is 3. The average molecular weight is 249 g/mol. The molecule has 0 unspecified atom stereocenters. The molecule has 0 heterocycles. The Morgan fingerprint density at radius 3 is 2.56 bits per heavy atom. The highest BCUT2D eigenvalue weighted by molar-refractivity contribution is 5.94. The number of ether oxygens (including phenoxy) is 1. The molecule has 0 saturated carbocycles. The van der Waals surface area contributed by atoms with Crippen LogP contribution in [0.2, 0.25) is 0 Å². The summed E-state index contributed by atoms with van der Waals surface area (Å²) < 4.78 is 5.07. The highest BCUT2D eigenvalue weighted by Gasteiger charge is 2.02. The maximum atomic E-state index is 11.5. The molecule has 1 aromatic rings. The smallest absolute Gasteiger partial charge is 0.244 e. The van der Waals surface area contributed by atoms with Crippen LogP contribution in [0.1, 0.15) is 19.4 Å². The summed E-state index contributed by atoms with van der Waals surface area (Å²) in [5.41, 5.74) is 1.82. The van der Waals surface area contributed by atoms with Crippen LogP contribution in [0.4, 0.5) is 0 Å². The number of carbonyl (C=O) groups is 1. The molecule has 0 saturated heterocycles. The molecule has 0 radical (unpaired) electrons. The number of amides is 1. The van der Waals surface area contributed by atoms with Gasteiger partial charge >= 0.3 is 0 Å². The van der Waals surface area contributed by atoms with Crippen molar-refractivity contribution in [3.05, 3.63) is 35.9 Å². The Morgan fingerprint density at radius 2 is 2.06 bits per heavy atom. The summed E-state index contributed by atoms with van der Waals surface area (Å²) in [4.78, 5) is 11.5. The van der Waals surface area contributed by atoms with Crippen molar-refractivity contribution in [2.75, 3.05) is 13.7 Å². The van der Waals surface area contributed by atoms with Crippen molar-refractivity contribution < 1.29 is 14.6 Å². The van der Waals surface area contributed by atoms with Crippen LogP contribution in [-0.2, 0) is 4.79 Å². The van der Waals surface area contributed by atoms with Gasteiger partial charge in [-0.05, 0) is 37.1 Å². The molecular formula is C14H19NO3. The molecule has 0 aliphatic carbocycles. The Bertz CT molecular complexity index is 421. The molecule has 2 N–H and O–H groups in total. The fourth-order valence-electron chi connectivity index (χ4n) is 1.43. The van der Waals surface area contributed by atoms with Gasteiger partial charge in [0.2, 0.25) is 5.91 Å². The fourth-order valence-corrected chi connectivity index (χ4v) is 1.43. The van der Waals surface area contributed by atoms with Crippen LogP contribution >= 0.6 is 0 Å². The number of rotatable bonds is 5. The van der Waals surface area contributed by atoms with Gasteiger partial charge in [-0.3, -0.25) is 4.79 Å². The molecular weight excluding hydrogens is 230 g/mol. The van der Waals surface area contributed by atoms with E-state index in [2.05, 4.69) is 5.32 Å². The van der Waals surface area contributed by atoms with Gasteiger partial charge in [-0.25, -0.2) is 0 Å². The first-order chi connectivity index (χ1) is 8.52. The van der Waals surface area contributed by atoms with Gasteiger partial charge in [0.05, 0.1) is 13.2 Å². The third kappa shape index (κ3) is 4.59. The minimum absolute atomic E-state index is 0.204. The lowest BCUT2D eigenvalue weighted by molar-refractivity contribution is -0.116. The van der Waals surface area contributed by atoms with E-state index < -0.39 is 6.10 Å². The molecule has 0 aliphatic rings. The van der Waals surface area contributed by atoms with Gasteiger partial charge in [-0.2, -0.15) is 0 Å². The predicted octanol–water partition coefficient (Wildman–Crippen LogP) is 1.60. The number of carbonyl (C=O) groups excluding carboxylic acids is 1. The van der Waals surface area contributed by atoms with Crippen molar-refractivity contribution in [2.45, 2.75) is 20.0 Å². The van der Waals surface area contributed by atoms with Gasteiger partial charge < -0.3 is 15.2 Å². The van der Waals surface area contributed by atoms with E-state index in [0.29, 0.717) is 0 Å². The van der Waals surface area contributed by atoms with Crippen LogP contribution in [-0.4, -0.2) is 30.8 Å². The molecule has 1 aromatic carbocycles. The molecule has 18 heavy (non-hydrogen) atoms. The second-order valence-electron chi connectivity index (χ2n) is 4.15. The standard InChI is InChI=1S/C14H19NO3/c1-10(8-14(17)15-9-11(2)16)12-4-6-13(18-3)7-5-12/h4-8,11,16H,9H2,1-3H3,(H,15,17)/b10-8+/t11-/m0/s1. The zero-order valence-electron chi connectivity index (χ0n) is 10.9. The van der Waals surface area contributed by atoms with Crippen molar-refractivity contribution in [1.29, 1.82) is 0 Å². The zero-order chi connectivity index (χ0) is 13.5. The number of methoxy groups -OCH3 is 1. The first-order valence-corrected chi connectivity index (χ1v) is 5.81. The number of aliphatic hydroxyl groups is 1. The zero-order valence-corrected chi connectivity index (χ0v) is 10.9. The predicted molar refractivity (Wildman–Crippen MR) is 71.3 cm³/mol. The summed E-state index contributed by atoms with van der Waals surface area (Å²) in [6.07, 6.45) is 0.980. The summed E-state index contributed by atoms with van der Waals surface area (Å²) in [6.45, 7) is 3.75. The Hall–Kier alpha value is -1.81. The highest BCUT2D eigenvalue weighted by atomic mass is 16.5. The summed E-state index contributed by atoms with van der Waals surface area (Å²) in [6, 6.07) is 7.49. The third-order valence-corrected chi connectivity index (χ3v) is 2.46. The molecule has 0 aromatic heterocycles. The van der Waals surface area contributed by atoms with Crippen molar-refractivity contribution in [3.8, 4) is 5.75 Å². The van der Waals surface area contributed by atoms with Crippen molar-refractivity contribution >= 4 is 11.5 Å². The SMILES string of the molecule is COc1ccc(/C(C)=C/C(=O)NC[C@H](C)O)cc1. The van der Waals surface area contributed by atoms with Crippen LogP contribution in [0.3, 0.4) is 0 Å². The van der Waals surface area contributed by atoms with E-state index in [4.69, 9.17) is 9.84 Å².